The van der Waals surface area contributed by atoms with Gasteiger partial charge in [0.1, 0.15) is 17.7 Å². The van der Waals surface area contributed by atoms with Crippen molar-refractivity contribution in [1.82, 2.24) is 0 Å². The molecule has 0 heterocycles. The number of anilines is 1. The predicted molar refractivity (Wildman–Crippen MR) is 69.0 cm³/mol. The highest BCUT2D eigenvalue weighted by atomic mass is 79.9. The fourth-order valence-electron chi connectivity index (χ4n) is 1.69. The van der Waals surface area contributed by atoms with Crippen molar-refractivity contribution in [2.24, 2.45) is 0 Å². The average Bonchev–Trinajstić information content (AvgIpc) is 2.34. The molecule has 0 aliphatic carbocycles. The minimum absolute atomic E-state index is 0.0989. The molecular weight excluding hydrogens is 304 g/mol. The Balaban J connectivity index is 2.52. The highest BCUT2D eigenvalue weighted by Gasteiger charge is 2.21. The molecule has 0 saturated carbocycles. The van der Waals surface area contributed by atoms with Crippen LogP contribution < -0.4 is 5.73 Å². The van der Waals surface area contributed by atoms with Crippen molar-refractivity contribution in [2.45, 2.75) is 6.10 Å². The number of nitrogen functional groups attached to an aromatic ring is 1. The molecule has 0 spiro atoms. The van der Waals surface area contributed by atoms with Crippen molar-refractivity contribution in [3.8, 4) is 0 Å². The summed E-state index contributed by atoms with van der Waals surface area (Å²) in [6.45, 7) is 0. The Bertz CT molecular complexity index is 589. The molecule has 1 unspecified atom stereocenters. The Hall–Kier alpha value is -1.46. The number of hydrogen-bond donors (Lipinski definition) is 2. The fraction of sp³-hybridized carbons (Fsp3) is 0.0769. The molecule has 2 rings (SSSR count). The molecule has 0 saturated heterocycles. The first-order valence-electron chi connectivity index (χ1n) is 5.17. The van der Waals surface area contributed by atoms with E-state index in [2.05, 4.69) is 15.9 Å². The number of nitrogens with two attached hydrogens (primary N) is 1. The minimum atomic E-state index is -1.40. The lowest BCUT2D eigenvalue weighted by Crippen LogP contribution is -2.06. The normalized spacial score (nSPS) is 12.4. The van der Waals surface area contributed by atoms with Crippen molar-refractivity contribution in [2.75, 3.05) is 5.73 Å². The standard InChI is InChI=1S/C13H10BrF2NO/c14-9-4-5-10(15)11(12(9)16)13(18)7-2-1-3-8(17)6-7/h1-6,13,18H,17H2. The molecule has 0 aromatic heterocycles. The van der Waals surface area contributed by atoms with Gasteiger partial charge >= 0.3 is 0 Å². The van der Waals surface area contributed by atoms with Gasteiger partial charge in [-0.15, -0.1) is 0 Å². The van der Waals surface area contributed by atoms with Gasteiger partial charge in [-0.25, -0.2) is 8.78 Å². The van der Waals surface area contributed by atoms with Crippen molar-refractivity contribution < 1.29 is 13.9 Å². The topological polar surface area (TPSA) is 46.2 Å². The van der Waals surface area contributed by atoms with E-state index in [4.69, 9.17) is 5.73 Å². The third-order valence-electron chi connectivity index (χ3n) is 2.58. The van der Waals surface area contributed by atoms with Crippen LogP contribution in [0, 0.1) is 11.6 Å². The molecule has 0 aliphatic heterocycles. The minimum Gasteiger partial charge on any atom is -0.399 e. The Kier molecular flexibility index (Phi) is 3.63. The monoisotopic (exact) mass is 313 g/mol. The van der Waals surface area contributed by atoms with Gasteiger partial charge in [0.25, 0.3) is 0 Å². The van der Waals surface area contributed by atoms with E-state index in [1.165, 1.54) is 12.1 Å². The van der Waals surface area contributed by atoms with Crippen LogP contribution in [0.15, 0.2) is 40.9 Å². The molecule has 2 nitrogen and oxygen atoms in total. The second kappa shape index (κ2) is 5.04. The summed E-state index contributed by atoms with van der Waals surface area (Å²) >= 11 is 2.96. The highest BCUT2D eigenvalue weighted by molar-refractivity contribution is 9.10. The van der Waals surface area contributed by atoms with Crippen LogP contribution in [-0.4, -0.2) is 5.11 Å². The average molecular weight is 314 g/mol. The molecule has 2 aromatic carbocycles. The maximum absolute atomic E-state index is 13.8. The Morgan fingerprint density at radius 1 is 1.17 bits per heavy atom. The van der Waals surface area contributed by atoms with E-state index in [0.717, 1.165) is 6.07 Å². The van der Waals surface area contributed by atoms with Crippen LogP contribution in [0.1, 0.15) is 17.2 Å². The van der Waals surface area contributed by atoms with Crippen LogP contribution in [0.3, 0.4) is 0 Å². The van der Waals surface area contributed by atoms with E-state index in [1.54, 1.807) is 18.2 Å². The van der Waals surface area contributed by atoms with Crippen molar-refractivity contribution in [3.05, 3.63) is 63.6 Å². The number of halogens is 3. The number of rotatable bonds is 2. The maximum Gasteiger partial charge on any atom is 0.146 e. The van der Waals surface area contributed by atoms with Crippen molar-refractivity contribution in [3.63, 3.8) is 0 Å². The zero-order valence-corrected chi connectivity index (χ0v) is 10.8. The smallest absolute Gasteiger partial charge is 0.146 e. The van der Waals surface area contributed by atoms with E-state index in [9.17, 15) is 13.9 Å². The van der Waals surface area contributed by atoms with Crippen LogP contribution in [0.2, 0.25) is 0 Å². The van der Waals surface area contributed by atoms with Crippen molar-refractivity contribution in [1.29, 1.82) is 0 Å². The molecule has 0 fully saturated rings. The molecule has 0 aliphatic rings. The zero-order chi connectivity index (χ0) is 13.3. The summed E-state index contributed by atoms with van der Waals surface area (Å²) in [5, 5.41) is 10.0. The Labute approximate surface area is 111 Å². The van der Waals surface area contributed by atoms with E-state index >= 15 is 0 Å². The molecule has 5 heteroatoms. The highest BCUT2D eigenvalue weighted by Crippen LogP contribution is 2.31. The predicted octanol–water partition coefficient (Wildman–Crippen LogP) is 3.39. The molecule has 2 aromatic rings. The molecule has 3 N–H and O–H groups in total. The first-order chi connectivity index (χ1) is 8.50. The summed E-state index contributed by atoms with van der Waals surface area (Å²) in [6, 6.07) is 8.62. The van der Waals surface area contributed by atoms with E-state index in [0.29, 0.717) is 11.3 Å². The summed E-state index contributed by atoms with van der Waals surface area (Å²) in [5.74, 6) is -1.62. The lowest BCUT2D eigenvalue weighted by atomic mass is 10.00. The van der Waals surface area contributed by atoms with Crippen LogP contribution in [0.25, 0.3) is 0 Å². The lowest BCUT2D eigenvalue weighted by Gasteiger charge is -2.14. The number of benzene rings is 2. The van der Waals surface area contributed by atoms with E-state index in [-0.39, 0.29) is 4.47 Å². The van der Waals surface area contributed by atoms with Gasteiger partial charge in [0.05, 0.1) is 10.0 Å². The largest absolute Gasteiger partial charge is 0.399 e. The number of hydrogen-bond acceptors (Lipinski definition) is 2. The molecule has 1 atom stereocenters. The maximum atomic E-state index is 13.8. The Morgan fingerprint density at radius 2 is 1.89 bits per heavy atom. The van der Waals surface area contributed by atoms with Crippen LogP contribution in [-0.2, 0) is 0 Å². The van der Waals surface area contributed by atoms with Gasteiger partial charge < -0.3 is 10.8 Å². The van der Waals surface area contributed by atoms with Crippen LogP contribution in [0.5, 0.6) is 0 Å². The molecule has 94 valence electrons. The summed E-state index contributed by atoms with van der Waals surface area (Å²) < 4.78 is 27.5. The van der Waals surface area contributed by atoms with Gasteiger partial charge in [-0.2, -0.15) is 0 Å². The summed E-state index contributed by atoms with van der Waals surface area (Å²) in [5.41, 5.74) is 5.94. The van der Waals surface area contributed by atoms with E-state index in [1.807, 2.05) is 0 Å². The van der Waals surface area contributed by atoms with Crippen LogP contribution in [0.4, 0.5) is 14.5 Å². The molecular formula is C13H10BrF2NO. The first kappa shape index (κ1) is 13.0. The summed E-state index contributed by atoms with van der Waals surface area (Å²) in [4.78, 5) is 0. The number of aliphatic hydroxyl groups is 1. The quantitative estimate of drug-likeness (QED) is 0.659. The first-order valence-corrected chi connectivity index (χ1v) is 5.97. The number of aliphatic hydroxyl groups excluding tert-OH is 1. The SMILES string of the molecule is Nc1cccc(C(O)c2c(F)ccc(Br)c2F)c1. The Morgan fingerprint density at radius 3 is 2.56 bits per heavy atom. The molecule has 0 radical (unpaired) electrons. The third kappa shape index (κ3) is 2.37. The van der Waals surface area contributed by atoms with Gasteiger partial charge in [0.15, 0.2) is 0 Å². The van der Waals surface area contributed by atoms with Gasteiger partial charge in [-0.1, -0.05) is 12.1 Å². The van der Waals surface area contributed by atoms with Crippen molar-refractivity contribution >= 4 is 21.6 Å². The molecule has 18 heavy (non-hydrogen) atoms. The third-order valence-corrected chi connectivity index (χ3v) is 3.19. The second-order valence-electron chi connectivity index (χ2n) is 3.83. The van der Waals surface area contributed by atoms with Crippen LogP contribution >= 0.6 is 15.9 Å². The molecule has 0 amide bonds. The van der Waals surface area contributed by atoms with Gasteiger partial charge in [0.2, 0.25) is 0 Å². The summed E-state index contributed by atoms with van der Waals surface area (Å²) in [6.07, 6.45) is -1.40. The summed E-state index contributed by atoms with van der Waals surface area (Å²) in [7, 11) is 0. The molecule has 0 bridgehead atoms. The van der Waals surface area contributed by atoms with E-state index < -0.39 is 23.3 Å². The zero-order valence-electron chi connectivity index (χ0n) is 9.20. The van der Waals surface area contributed by atoms with Gasteiger partial charge in [-0.05, 0) is 45.8 Å². The van der Waals surface area contributed by atoms with Gasteiger partial charge in [0, 0.05) is 5.69 Å². The van der Waals surface area contributed by atoms with Gasteiger partial charge in [-0.3, -0.25) is 0 Å². The fourth-order valence-corrected chi connectivity index (χ4v) is 2.03. The second-order valence-corrected chi connectivity index (χ2v) is 4.68. The lowest BCUT2D eigenvalue weighted by molar-refractivity contribution is 0.209.